The van der Waals surface area contributed by atoms with Crippen molar-refractivity contribution in [3.05, 3.63) is 28.2 Å². The van der Waals surface area contributed by atoms with Crippen LogP contribution in [0.25, 0.3) is 0 Å². The van der Waals surface area contributed by atoms with E-state index in [1.807, 2.05) is 6.07 Å². The summed E-state index contributed by atoms with van der Waals surface area (Å²) in [5, 5.41) is 20.8. The molecule has 1 aromatic carbocycles. The molecule has 0 saturated carbocycles. The lowest BCUT2D eigenvalue weighted by Gasteiger charge is -2.09. The Morgan fingerprint density at radius 1 is 1.64 bits per heavy atom. The molecule has 0 unspecified atom stereocenters. The largest absolute Gasteiger partial charge is 0.392 e. The van der Waals surface area contributed by atoms with Gasteiger partial charge < -0.3 is 10.4 Å². The Kier molecular flexibility index (Phi) is 3.93. The van der Waals surface area contributed by atoms with Gasteiger partial charge in [0.1, 0.15) is 0 Å². The van der Waals surface area contributed by atoms with Gasteiger partial charge in [-0.15, -0.1) is 0 Å². The zero-order chi connectivity index (χ0) is 10.6. The van der Waals surface area contributed by atoms with Crippen LogP contribution in [0.3, 0.4) is 0 Å². The van der Waals surface area contributed by atoms with Crippen molar-refractivity contribution in [2.75, 3.05) is 11.9 Å². The molecule has 74 valence electrons. The number of rotatable bonds is 3. The zero-order valence-electron chi connectivity index (χ0n) is 7.79. The summed E-state index contributed by atoms with van der Waals surface area (Å²) >= 11 is 3.34. The minimum Gasteiger partial charge on any atom is -0.392 e. The average Bonchev–Trinajstić information content (AvgIpc) is 2.15. The van der Waals surface area contributed by atoms with Crippen molar-refractivity contribution >= 4 is 21.6 Å². The smallest absolute Gasteiger partial charge is 0.0992 e. The van der Waals surface area contributed by atoms with E-state index in [4.69, 9.17) is 10.4 Å². The standard InChI is InChI=1S/C10H11BrN2O/c1-7(14)6-13-10-3-2-8(5-12)4-9(10)11/h2-4,7,13-14H,6H2,1H3/t7-/m0/s1. The molecule has 1 aromatic rings. The summed E-state index contributed by atoms with van der Waals surface area (Å²) < 4.78 is 0.831. The maximum absolute atomic E-state index is 9.08. The third kappa shape index (κ3) is 3.02. The van der Waals surface area contributed by atoms with Crippen LogP contribution in [-0.2, 0) is 0 Å². The first-order valence-electron chi connectivity index (χ1n) is 4.25. The highest BCUT2D eigenvalue weighted by molar-refractivity contribution is 9.10. The molecule has 0 aliphatic rings. The molecule has 1 atom stereocenters. The van der Waals surface area contributed by atoms with E-state index in [1.54, 1.807) is 19.1 Å². The molecule has 0 aliphatic carbocycles. The van der Waals surface area contributed by atoms with Gasteiger partial charge in [-0.2, -0.15) is 5.26 Å². The van der Waals surface area contributed by atoms with Crippen molar-refractivity contribution in [3.8, 4) is 6.07 Å². The first kappa shape index (κ1) is 11.0. The molecule has 0 bridgehead atoms. The highest BCUT2D eigenvalue weighted by Crippen LogP contribution is 2.23. The number of anilines is 1. The Morgan fingerprint density at radius 3 is 2.86 bits per heavy atom. The van der Waals surface area contributed by atoms with Gasteiger partial charge >= 0.3 is 0 Å². The summed E-state index contributed by atoms with van der Waals surface area (Å²) in [5.74, 6) is 0. The van der Waals surface area contributed by atoms with E-state index in [0.717, 1.165) is 10.2 Å². The Labute approximate surface area is 91.5 Å². The van der Waals surface area contributed by atoms with Gasteiger partial charge in [0.05, 0.1) is 17.7 Å². The van der Waals surface area contributed by atoms with Gasteiger partial charge in [0, 0.05) is 16.7 Å². The average molecular weight is 255 g/mol. The van der Waals surface area contributed by atoms with Gasteiger partial charge in [0.2, 0.25) is 0 Å². The Balaban J connectivity index is 2.75. The SMILES string of the molecule is C[C@H](O)CNc1ccc(C#N)cc1Br. The summed E-state index contributed by atoms with van der Waals surface area (Å²) in [4.78, 5) is 0. The third-order valence-electron chi connectivity index (χ3n) is 1.69. The van der Waals surface area contributed by atoms with E-state index in [2.05, 4.69) is 27.3 Å². The summed E-state index contributed by atoms with van der Waals surface area (Å²) in [6.07, 6.45) is -0.391. The highest BCUT2D eigenvalue weighted by Gasteiger charge is 2.01. The minimum atomic E-state index is -0.391. The normalized spacial score (nSPS) is 11.9. The predicted octanol–water partition coefficient (Wildman–Crippen LogP) is 2.11. The number of nitrogens with zero attached hydrogens (tertiary/aromatic N) is 1. The topological polar surface area (TPSA) is 56.0 Å². The van der Waals surface area contributed by atoms with Crippen molar-refractivity contribution < 1.29 is 5.11 Å². The quantitative estimate of drug-likeness (QED) is 0.869. The number of nitrogens with one attached hydrogen (secondary N) is 1. The molecule has 0 spiro atoms. The number of benzene rings is 1. The molecule has 0 aliphatic heterocycles. The predicted molar refractivity (Wildman–Crippen MR) is 59.0 cm³/mol. The first-order chi connectivity index (χ1) is 6.63. The first-order valence-corrected chi connectivity index (χ1v) is 5.04. The van der Waals surface area contributed by atoms with E-state index in [-0.39, 0.29) is 0 Å². The summed E-state index contributed by atoms with van der Waals surface area (Å²) in [7, 11) is 0. The maximum atomic E-state index is 9.08. The van der Waals surface area contributed by atoms with Crippen LogP contribution in [-0.4, -0.2) is 17.8 Å². The molecular weight excluding hydrogens is 244 g/mol. The number of halogens is 1. The van der Waals surface area contributed by atoms with Crippen molar-refractivity contribution in [3.63, 3.8) is 0 Å². The molecule has 0 heterocycles. The molecule has 3 nitrogen and oxygen atoms in total. The number of hydrogen-bond donors (Lipinski definition) is 2. The highest BCUT2D eigenvalue weighted by atomic mass is 79.9. The van der Waals surface area contributed by atoms with Gasteiger partial charge in [-0.1, -0.05) is 0 Å². The van der Waals surface area contributed by atoms with Crippen molar-refractivity contribution in [1.29, 1.82) is 5.26 Å². The van der Waals surface area contributed by atoms with Gasteiger partial charge in [-0.05, 0) is 41.1 Å². The lowest BCUT2D eigenvalue weighted by Crippen LogP contribution is -2.15. The number of nitriles is 1. The van der Waals surface area contributed by atoms with Crippen molar-refractivity contribution in [1.82, 2.24) is 0 Å². The van der Waals surface area contributed by atoms with Crippen LogP contribution < -0.4 is 5.32 Å². The molecule has 0 saturated heterocycles. The molecule has 14 heavy (non-hydrogen) atoms. The molecule has 1 rings (SSSR count). The molecule has 2 N–H and O–H groups in total. The Hall–Kier alpha value is -1.05. The van der Waals surface area contributed by atoms with Crippen LogP contribution in [0, 0.1) is 11.3 Å². The van der Waals surface area contributed by atoms with Gasteiger partial charge in [-0.25, -0.2) is 0 Å². The minimum absolute atomic E-state index is 0.391. The number of aliphatic hydroxyl groups is 1. The molecule has 4 heteroatoms. The second-order valence-electron chi connectivity index (χ2n) is 3.04. The van der Waals surface area contributed by atoms with Gasteiger partial charge in [0.15, 0.2) is 0 Å². The van der Waals surface area contributed by atoms with Crippen LogP contribution >= 0.6 is 15.9 Å². The van der Waals surface area contributed by atoms with Gasteiger partial charge in [-0.3, -0.25) is 0 Å². The lowest BCUT2D eigenvalue weighted by atomic mass is 10.2. The van der Waals surface area contributed by atoms with E-state index >= 15 is 0 Å². The van der Waals surface area contributed by atoms with E-state index in [0.29, 0.717) is 12.1 Å². The van der Waals surface area contributed by atoms with Crippen LogP contribution in [0.1, 0.15) is 12.5 Å². The Morgan fingerprint density at radius 2 is 2.36 bits per heavy atom. The second-order valence-corrected chi connectivity index (χ2v) is 3.89. The van der Waals surface area contributed by atoms with E-state index in [9.17, 15) is 0 Å². The Bertz CT molecular complexity index is 358. The maximum Gasteiger partial charge on any atom is 0.0992 e. The molecular formula is C10H11BrN2O. The fourth-order valence-electron chi connectivity index (χ4n) is 0.986. The van der Waals surface area contributed by atoms with Gasteiger partial charge in [0.25, 0.3) is 0 Å². The number of aliphatic hydroxyl groups excluding tert-OH is 1. The fourth-order valence-corrected chi connectivity index (χ4v) is 1.50. The van der Waals surface area contributed by atoms with Crippen molar-refractivity contribution in [2.45, 2.75) is 13.0 Å². The number of hydrogen-bond acceptors (Lipinski definition) is 3. The molecule has 0 radical (unpaired) electrons. The van der Waals surface area contributed by atoms with E-state index < -0.39 is 6.10 Å². The van der Waals surface area contributed by atoms with Crippen LogP contribution in [0.2, 0.25) is 0 Å². The lowest BCUT2D eigenvalue weighted by molar-refractivity contribution is 0.208. The van der Waals surface area contributed by atoms with Crippen LogP contribution in [0.15, 0.2) is 22.7 Å². The molecule has 0 aromatic heterocycles. The molecule has 0 amide bonds. The van der Waals surface area contributed by atoms with Crippen molar-refractivity contribution in [2.24, 2.45) is 0 Å². The second kappa shape index (κ2) is 4.99. The zero-order valence-corrected chi connectivity index (χ0v) is 9.37. The van der Waals surface area contributed by atoms with E-state index in [1.165, 1.54) is 0 Å². The molecule has 0 fully saturated rings. The fraction of sp³-hybridized carbons (Fsp3) is 0.300. The van der Waals surface area contributed by atoms with Crippen LogP contribution in [0.4, 0.5) is 5.69 Å². The van der Waals surface area contributed by atoms with Crippen LogP contribution in [0.5, 0.6) is 0 Å². The monoisotopic (exact) mass is 254 g/mol. The summed E-state index contributed by atoms with van der Waals surface area (Å²) in [6, 6.07) is 7.33. The summed E-state index contributed by atoms with van der Waals surface area (Å²) in [5.41, 5.74) is 1.49. The third-order valence-corrected chi connectivity index (χ3v) is 2.34. The summed E-state index contributed by atoms with van der Waals surface area (Å²) in [6.45, 7) is 2.20.